The van der Waals surface area contributed by atoms with Crippen molar-refractivity contribution in [1.29, 1.82) is 0 Å². The van der Waals surface area contributed by atoms with Gasteiger partial charge in [0.05, 0.1) is 17.1 Å². The molecule has 6 heteroatoms. The van der Waals surface area contributed by atoms with Gasteiger partial charge >= 0.3 is 0 Å². The molecule has 0 radical (unpaired) electrons. The number of fused-ring (bicyclic) bond motifs is 1. The van der Waals surface area contributed by atoms with Gasteiger partial charge in [0.15, 0.2) is 0 Å². The predicted octanol–water partition coefficient (Wildman–Crippen LogP) is 2.97. The van der Waals surface area contributed by atoms with Gasteiger partial charge in [-0.2, -0.15) is 5.10 Å². The van der Waals surface area contributed by atoms with Crippen molar-refractivity contribution >= 4 is 16.9 Å². The van der Waals surface area contributed by atoms with Crippen LogP contribution in [0, 0.1) is 6.92 Å². The zero-order valence-corrected chi connectivity index (χ0v) is 13.6. The van der Waals surface area contributed by atoms with Crippen LogP contribution in [0.5, 0.6) is 0 Å². The van der Waals surface area contributed by atoms with E-state index in [1.807, 2.05) is 32.9 Å². The van der Waals surface area contributed by atoms with Crippen molar-refractivity contribution in [2.75, 3.05) is 0 Å². The zero-order chi connectivity index (χ0) is 16.4. The molecule has 0 saturated heterocycles. The van der Waals surface area contributed by atoms with Crippen LogP contribution in [0.1, 0.15) is 48.2 Å². The first-order chi connectivity index (χ1) is 11.1. The quantitative estimate of drug-likeness (QED) is 0.760. The molecule has 1 atom stereocenters. The number of carbonyl (C=O) groups is 1. The molecule has 1 aromatic carbocycles. The number of nitrogens with one attached hydrogen (secondary N) is 2. The van der Waals surface area contributed by atoms with E-state index in [0.717, 1.165) is 29.8 Å². The van der Waals surface area contributed by atoms with E-state index in [2.05, 4.69) is 26.4 Å². The lowest BCUT2D eigenvalue weighted by atomic mass is 10.2. The molecule has 0 spiro atoms. The second-order valence-electron chi connectivity index (χ2n) is 5.63. The molecule has 0 bridgehead atoms. The number of aryl methyl sites for hydroxylation is 2. The lowest BCUT2D eigenvalue weighted by Gasteiger charge is -2.13. The van der Waals surface area contributed by atoms with Gasteiger partial charge in [-0.15, -0.1) is 0 Å². The Labute approximate surface area is 134 Å². The summed E-state index contributed by atoms with van der Waals surface area (Å²) in [6, 6.07) is 7.64. The van der Waals surface area contributed by atoms with E-state index in [1.165, 1.54) is 5.56 Å². The summed E-state index contributed by atoms with van der Waals surface area (Å²) in [6.07, 6.45) is 2.55. The van der Waals surface area contributed by atoms with E-state index in [1.54, 1.807) is 16.9 Å². The van der Waals surface area contributed by atoms with E-state index in [0.29, 0.717) is 5.69 Å². The standard InChI is InChI=1S/C17H21N5O/c1-4-12(20-17(23)14-8-9-22(5-2)21-14)16-18-13-7-6-11(3)10-15(13)19-16/h6-10,12H,4-5H2,1-3H3,(H,18,19)(H,20,23)/t12-/m1/s1. The van der Waals surface area contributed by atoms with Gasteiger partial charge in [0, 0.05) is 12.7 Å². The maximum absolute atomic E-state index is 12.4. The van der Waals surface area contributed by atoms with Crippen molar-refractivity contribution in [3.8, 4) is 0 Å². The van der Waals surface area contributed by atoms with Crippen molar-refractivity contribution in [3.63, 3.8) is 0 Å². The minimum Gasteiger partial charge on any atom is -0.341 e. The summed E-state index contributed by atoms with van der Waals surface area (Å²) in [7, 11) is 0. The Morgan fingerprint density at radius 3 is 2.87 bits per heavy atom. The molecule has 0 fully saturated rings. The molecule has 6 nitrogen and oxygen atoms in total. The van der Waals surface area contributed by atoms with Crippen molar-refractivity contribution in [3.05, 3.63) is 47.5 Å². The Bertz CT molecular complexity index is 832. The van der Waals surface area contributed by atoms with Gasteiger partial charge in [0.2, 0.25) is 0 Å². The highest BCUT2D eigenvalue weighted by molar-refractivity contribution is 5.92. The number of nitrogens with zero attached hydrogens (tertiary/aromatic N) is 3. The Hall–Kier alpha value is -2.63. The van der Waals surface area contributed by atoms with Gasteiger partial charge in [-0.05, 0) is 44.0 Å². The Kier molecular flexibility index (Phi) is 4.14. The molecule has 0 aliphatic carbocycles. The smallest absolute Gasteiger partial charge is 0.272 e. The molecule has 0 unspecified atom stereocenters. The SMILES string of the molecule is CC[C@@H](NC(=O)c1ccn(CC)n1)c1nc2ccc(C)cc2[nH]1. The number of hydrogen-bond acceptors (Lipinski definition) is 3. The third kappa shape index (κ3) is 3.11. The molecule has 2 heterocycles. The van der Waals surface area contributed by atoms with E-state index < -0.39 is 0 Å². The molecule has 3 aromatic rings. The zero-order valence-electron chi connectivity index (χ0n) is 13.6. The summed E-state index contributed by atoms with van der Waals surface area (Å²) in [4.78, 5) is 20.3. The van der Waals surface area contributed by atoms with Crippen LogP contribution in [0.2, 0.25) is 0 Å². The summed E-state index contributed by atoms with van der Waals surface area (Å²) < 4.78 is 1.74. The second-order valence-corrected chi connectivity index (χ2v) is 5.63. The normalized spacial score (nSPS) is 12.5. The number of amides is 1. The van der Waals surface area contributed by atoms with E-state index >= 15 is 0 Å². The largest absolute Gasteiger partial charge is 0.341 e. The van der Waals surface area contributed by atoms with Crippen molar-refractivity contribution < 1.29 is 4.79 Å². The van der Waals surface area contributed by atoms with Crippen molar-refractivity contribution in [1.82, 2.24) is 25.1 Å². The molecular weight excluding hydrogens is 290 g/mol. The fourth-order valence-corrected chi connectivity index (χ4v) is 2.56. The average Bonchev–Trinajstić information content (AvgIpc) is 3.18. The van der Waals surface area contributed by atoms with Crippen LogP contribution in [-0.4, -0.2) is 25.7 Å². The summed E-state index contributed by atoms with van der Waals surface area (Å²) in [5.41, 5.74) is 3.50. The highest BCUT2D eigenvalue weighted by atomic mass is 16.2. The molecule has 120 valence electrons. The molecule has 2 N–H and O–H groups in total. The fourth-order valence-electron chi connectivity index (χ4n) is 2.56. The first-order valence-electron chi connectivity index (χ1n) is 7.91. The second kappa shape index (κ2) is 6.24. The van der Waals surface area contributed by atoms with Gasteiger partial charge in [0.25, 0.3) is 5.91 Å². The monoisotopic (exact) mass is 311 g/mol. The lowest BCUT2D eigenvalue weighted by molar-refractivity contribution is 0.0928. The van der Waals surface area contributed by atoms with Crippen molar-refractivity contribution in [2.24, 2.45) is 0 Å². The third-order valence-corrected chi connectivity index (χ3v) is 3.90. The van der Waals surface area contributed by atoms with Crippen LogP contribution in [0.3, 0.4) is 0 Å². The molecule has 0 aliphatic rings. The first-order valence-corrected chi connectivity index (χ1v) is 7.91. The molecule has 2 aromatic heterocycles. The Balaban J connectivity index is 1.81. The van der Waals surface area contributed by atoms with Gasteiger partial charge < -0.3 is 10.3 Å². The number of aromatic amines is 1. The minimum absolute atomic E-state index is 0.165. The third-order valence-electron chi connectivity index (χ3n) is 3.90. The predicted molar refractivity (Wildman–Crippen MR) is 89.2 cm³/mol. The van der Waals surface area contributed by atoms with Crippen molar-refractivity contribution in [2.45, 2.75) is 39.8 Å². The van der Waals surface area contributed by atoms with Gasteiger partial charge in [-0.25, -0.2) is 4.98 Å². The van der Waals surface area contributed by atoms with Crippen LogP contribution in [0.25, 0.3) is 11.0 Å². The van der Waals surface area contributed by atoms with E-state index in [9.17, 15) is 4.79 Å². The van der Waals surface area contributed by atoms with Gasteiger partial charge in [-0.1, -0.05) is 13.0 Å². The number of rotatable bonds is 5. The first kappa shape index (κ1) is 15.3. The number of aromatic nitrogens is 4. The highest BCUT2D eigenvalue weighted by Crippen LogP contribution is 2.19. The number of hydrogen-bond donors (Lipinski definition) is 2. The maximum Gasteiger partial charge on any atom is 0.272 e. The topological polar surface area (TPSA) is 75.6 Å². The van der Waals surface area contributed by atoms with E-state index in [-0.39, 0.29) is 11.9 Å². The van der Waals surface area contributed by atoms with Crippen LogP contribution < -0.4 is 5.32 Å². The van der Waals surface area contributed by atoms with Crippen LogP contribution in [-0.2, 0) is 6.54 Å². The average molecular weight is 311 g/mol. The summed E-state index contributed by atoms with van der Waals surface area (Å²) in [6.45, 7) is 6.80. The maximum atomic E-state index is 12.4. The molecule has 0 aliphatic heterocycles. The van der Waals surface area contributed by atoms with Crippen LogP contribution in [0.15, 0.2) is 30.5 Å². The number of H-pyrrole nitrogens is 1. The Morgan fingerprint density at radius 2 is 2.17 bits per heavy atom. The number of benzene rings is 1. The summed E-state index contributed by atoms with van der Waals surface area (Å²) in [5.74, 6) is 0.595. The molecule has 0 saturated carbocycles. The minimum atomic E-state index is -0.180. The molecule has 23 heavy (non-hydrogen) atoms. The molecule has 1 amide bonds. The number of imidazole rings is 1. The van der Waals surface area contributed by atoms with Crippen LogP contribution >= 0.6 is 0 Å². The fraction of sp³-hybridized carbons (Fsp3) is 0.353. The summed E-state index contributed by atoms with van der Waals surface area (Å²) in [5, 5.41) is 7.24. The lowest BCUT2D eigenvalue weighted by Crippen LogP contribution is -2.29. The van der Waals surface area contributed by atoms with Gasteiger partial charge in [0.1, 0.15) is 11.5 Å². The van der Waals surface area contributed by atoms with Crippen LogP contribution in [0.4, 0.5) is 0 Å². The van der Waals surface area contributed by atoms with Gasteiger partial charge in [-0.3, -0.25) is 9.48 Å². The summed E-state index contributed by atoms with van der Waals surface area (Å²) >= 11 is 0. The highest BCUT2D eigenvalue weighted by Gasteiger charge is 2.19. The number of carbonyl (C=O) groups excluding carboxylic acids is 1. The van der Waals surface area contributed by atoms with E-state index in [4.69, 9.17) is 0 Å². The Morgan fingerprint density at radius 1 is 1.35 bits per heavy atom. The molecular formula is C17H21N5O. The molecule has 3 rings (SSSR count).